The first-order valence-corrected chi connectivity index (χ1v) is 11.2. The molecule has 2 amide bonds. The standard InChI is InChI=1S/C24H29FN4O3/c1-15(2)32-14-22(31)28-11-5-8-20(28)23-26-16(3)19-9-10-21(30)29(24(19)27-23)13-17-6-4-7-18(25)12-17/h4,6-7,12,15,20H,5,8-11,13-14H2,1-3H3/t20-/m1/s1. The molecule has 1 aromatic carbocycles. The number of rotatable bonds is 6. The first-order valence-electron chi connectivity index (χ1n) is 11.2. The van der Waals surface area contributed by atoms with Gasteiger partial charge in [-0.2, -0.15) is 0 Å². The number of likely N-dealkylation sites (tertiary alicyclic amines) is 1. The van der Waals surface area contributed by atoms with Gasteiger partial charge in [0.15, 0.2) is 5.82 Å². The summed E-state index contributed by atoms with van der Waals surface area (Å²) >= 11 is 0. The van der Waals surface area contributed by atoms with Crippen LogP contribution in [0.1, 0.15) is 61.8 Å². The second-order valence-corrected chi connectivity index (χ2v) is 8.68. The lowest BCUT2D eigenvalue weighted by molar-refractivity contribution is -0.138. The summed E-state index contributed by atoms with van der Waals surface area (Å²) in [7, 11) is 0. The lowest BCUT2D eigenvalue weighted by Crippen LogP contribution is -2.38. The summed E-state index contributed by atoms with van der Waals surface area (Å²) < 4.78 is 19.2. The van der Waals surface area contributed by atoms with E-state index in [2.05, 4.69) is 0 Å². The first kappa shape index (κ1) is 22.3. The Labute approximate surface area is 187 Å². The van der Waals surface area contributed by atoms with E-state index in [1.165, 1.54) is 12.1 Å². The molecule has 1 fully saturated rings. The number of fused-ring (bicyclic) bond motifs is 1. The maximum Gasteiger partial charge on any atom is 0.249 e. The van der Waals surface area contributed by atoms with Crippen LogP contribution in [-0.2, 0) is 27.3 Å². The molecule has 1 atom stereocenters. The number of aromatic nitrogens is 2. The molecule has 0 unspecified atom stereocenters. The highest BCUT2D eigenvalue weighted by Crippen LogP contribution is 2.35. The highest BCUT2D eigenvalue weighted by atomic mass is 19.1. The zero-order chi connectivity index (χ0) is 22.8. The Hall–Kier alpha value is -2.87. The Morgan fingerprint density at radius 2 is 2.09 bits per heavy atom. The van der Waals surface area contributed by atoms with E-state index in [0.717, 1.165) is 24.1 Å². The molecule has 3 heterocycles. The minimum atomic E-state index is -0.338. The van der Waals surface area contributed by atoms with Crippen molar-refractivity contribution in [3.8, 4) is 0 Å². The molecule has 32 heavy (non-hydrogen) atoms. The van der Waals surface area contributed by atoms with Gasteiger partial charge in [0.25, 0.3) is 0 Å². The number of ether oxygens (including phenoxy) is 1. The van der Waals surface area contributed by atoms with E-state index in [-0.39, 0.29) is 42.9 Å². The van der Waals surface area contributed by atoms with Crippen LogP contribution in [0, 0.1) is 12.7 Å². The average Bonchev–Trinajstić information content (AvgIpc) is 3.24. The van der Waals surface area contributed by atoms with Crippen LogP contribution in [0.4, 0.5) is 10.2 Å². The van der Waals surface area contributed by atoms with E-state index in [9.17, 15) is 14.0 Å². The van der Waals surface area contributed by atoms with Crippen LogP contribution in [0.5, 0.6) is 0 Å². The summed E-state index contributed by atoms with van der Waals surface area (Å²) in [6, 6.07) is 6.01. The van der Waals surface area contributed by atoms with Gasteiger partial charge in [0.1, 0.15) is 18.2 Å². The number of benzene rings is 1. The molecule has 4 rings (SSSR count). The van der Waals surface area contributed by atoms with Gasteiger partial charge in [0.05, 0.1) is 18.7 Å². The fourth-order valence-electron chi connectivity index (χ4n) is 4.39. The van der Waals surface area contributed by atoms with Gasteiger partial charge in [0.2, 0.25) is 11.8 Å². The maximum absolute atomic E-state index is 13.7. The lowest BCUT2D eigenvalue weighted by Gasteiger charge is -2.31. The zero-order valence-electron chi connectivity index (χ0n) is 18.8. The summed E-state index contributed by atoms with van der Waals surface area (Å²) in [6.45, 7) is 6.63. The Balaban J connectivity index is 1.64. The van der Waals surface area contributed by atoms with Crippen LogP contribution in [0.25, 0.3) is 0 Å². The molecule has 0 spiro atoms. The smallest absolute Gasteiger partial charge is 0.249 e. The number of anilines is 1. The number of carbonyl (C=O) groups is 2. The number of hydrogen-bond acceptors (Lipinski definition) is 5. The molecule has 0 aliphatic carbocycles. The summed E-state index contributed by atoms with van der Waals surface area (Å²) in [5, 5.41) is 0. The molecule has 0 saturated carbocycles. The third kappa shape index (κ3) is 4.65. The van der Waals surface area contributed by atoms with Crippen molar-refractivity contribution >= 4 is 17.6 Å². The molecule has 0 bridgehead atoms. The third-order valence-electron chi connectivity index (χ3n) is 6.00. The van der Waals surface area contributed by atoms with Crippen LogP contribution >= 0.6 is 0 Å². The Bertz CT molecular complexity index is 1030. The number of carbonyl (C=O) groups excluding carboxylic acids is 2. The SMILES string of the molecule is Cc1nc([C@H]2CCCN2C(=O)COC(C)C)nc2c1CCC(=O)N2Cc1cccc(F)c1. The maximum atomic E-state index is 13.7. The van der Waals surface area contributed by atoms with Crippen LogP contribution in [0.2, 0.25) is 0 Å². The minimum Gasteiger partial charge on any atom is -0.369 e. The van der Waals surface area contributed by atoms with Gasteiger partial charge in [0, 0.05) is 24.2 Å². The van der Waals surface area contributed by atoms with Crippen molar-refractivity contribution < 1.29 is 18.7 Å². The molecular formula is C24H29FN4O3. The van der Waals surface area contributed by atoms with E-state index >= 15 is 0 Å². The molecule has 1 saturated heterocycles. The molecule has 0 N–H and O–H groups in total. The topological polar surface area (TPSA) is 75.6 Å². The van der Waals surface area contributed by atoms with Crippen molar-refractivity contribution in [3.63, 3.8) is 0 Å². The van der Waals surface area contributed by atoms with Gasteiger partial charge < -0.3 is 9.64 Å². The van der Waals surface area contributed by atoms with Gasteiger partial charge in [-0.05, 0) is 57.7 Å². The van der Waals surface area contributed by atoms with E-state index in [4.69, 9.17) is 14.7 Å². The normalized spacial score (nSPS) is 18.4. The Morgan fingerprint density at radius 1 is 1.28 bits per heavy atom. The summed E-state index contributed by atoms with van der Waals surface area (Å²) in [5.74, 6) is 0.667. The van der Waals surface area contributed by atoms with Crippen molar-refractivity contribution in [3.05, 3.63) is 52.7 Å². The molecule has 0 radical (unpaired) electrons. The molecule has 2 aliphatic rings. The second kappa shape index (κ2) is 9.32. The minimum absolute atomic E-state index is 0.0235. The van der Waals surface area contributed by atoms with Gasteiger partial charge in [-0.3, -0.25) is 14.5 Å². The molecule has 2 aliphatic heterocycles. The molecule has 7 nitrogen and oxygen atoms in total. The molecule has 1 aromatic heterocycles. The molecular weight excluding hydrogens is 411 g/mol. The van der Waals surface area contributed by atoms with E-state index in [1.807, 2.05) is 20.8 Å². The van der Waals surface area contributed by atoms with E-state index in [1.54, 1.807) is 21.9 Å². The first-order chi connectivity index (χ1) is 15.3. The Morgan fingerprint density at radius 3 is 2.84 bits per heavy atom. The number of halogens is 1. The van der Waals surface area contributed by atoms with E-state index < -0.39 is 0 Å². The molecule has 2 aromatic rings. The van der Waals surface area contributed by atoms with Crippen LogP contribution in [0.15, 0.2) is 24.3 Å². The molecule has 8 heteroatoms. The monoisotopic (exact) mass is 440 g/mol. The van der Waals surface area contributed by atoms with Crippen molar-refractivity contribution in [1.29, 1.82) is 0 Å². The largest absolute Gasteiger partial charge is 0.369 e. The fraction of sp³-hybridized carbons (Fsp3) is 0.500. The predicted molar refractivity (Wildman–Crippen MR) is 117 cm³/mol. The lowest BCUT2D eigenvalue weighted by atomic mass is 10.0. The number of hydrogen-bond donors (Lipinski definition) is 0. The predicted octanol–water partition coefficient (Wildman–Crippen LogP) is 3.49. The van der Waals surface area contributed by atoms with Crippen molar-refractivity contribution in [2.75, 3.05) is 18.1 Å². The van der Waals surface area contributed by atoms with Crippen LogP contribution in [-0.4, -0.2) is 45.9 Å². The summed E-state index contributed by atoms with van der Waals surface area (Å²) in [6.07, 6.45) is 2.55. The summed E-state index contributed by atoms with van der Waals surface area (Å²) in [5.41, 5.74) is 2.45. The summed E-state index contributed by atoms with van der Waals surface area (Å²) in [4.78, 5) is 38.5. The van der Waals surface area contributed by atoms with E-state index in [0.29, 0.717) is 36.6 Å². The van der Waals surface area contributed by atoms with Gasteiger partial charge in [-0.1, -0.05) is 12.1 Å². The van der Waals surface area contributed by atoms with Gasteiger partial charge in [-0.25, -0.2) is 14.4 Å². The van der Waals surface area contributed by atoms with Crippen molar-refractivity contribution in [1.82, 2.24) is 14.9 Å². The molecule has 170 valence electrons. The van der Waals surface area contributed by atoms with Crippen molar-refractivity contribution in [2.24, 2.45) is 0 Å². The van der Waals surface area contributed by atoms with Gasteiger partial charge in [-0.15, -0.1) is 0 Å². The zero-order valence-corrected chi connectivity index (χ0v) is 18.8. The number of aryl methyl sites for hydroxylation is 1. The van der Waals surface area contributed by atoms with Gasteiger partial charge >= 0.3 is 0 Å². The number of amides is 2. The number of nitrogens with zero attached hydrogens (tertiary/aromatic N) is 4. The van der Waals surface area contributed by atoms with Crippen LogP contribution in [0.3, 0.4) is 0 Å². The average molecular weight is 441 g/mol. The highest BCUT2D eigenvalue weighted by Gasteiger charge is 2.35. The quantitative estimate of drug-likeness (QED) is 0.687. The Kier molecular flexibility index (Phi) is 6.50. The van der Waals surface area contributed by atoms with Crippen LogP contribution < -0.4 is 4.90 Å². The highest BCUT2D eigenvalue weighted by molar-refractivity contribution is 5.95. The third-order valence-corrected chi connectivity index (χ3v) is 6.00. The van der Waals surface area contributed by atoms with Crippen molar-refractivity contribution in [2.45, 2.75) is 65.1 Å². The fourth-order valence-corrected chi connectivity index (χ4v) is 4.39. The second-order valence-electron chi connectivity index (χ2n) is 8.68.